The average Bonchev–Trinajstić information content (AvgIpc) is 2.47. The topological polar surface area (TPSA) is 35.6 Å². The number of piperazine rings is 1. The molecule has 1 aromatic carbocycles. The molecule has 0 radical (unpaired) electrons. The lowest BCUT2D eigenvalue weighted by atomic mass is 10.0. The Morgan fingerprint density at radius 2 is 1.91 bits per heavy atom. The molecule has 0 spiro atoms. The highest BCUT2D eigenvalue weighted by atomic mass is 19.1. The fraction of sp³-hybridized carbons (Fsp3) is 0.500. The molecule has 0 unspecified atom stereocenters. The first-order chi connectivity index (χ1) is 10.9. The van der Waals surface area contributed by atoms with Crippen molar-refractivity contribution in [3.8, 4) is 0 Å². The number of hydrogen-bond acceptors (Lipinski definition) is 3. The van der Waals surface area contributed by atoms with Crippen LogP contribution in [0.4, 0.5) is 10.1 Å². The molecule has 1 N–H and O–H groups in total. The van der Waals surface area contributed by atoms with Crippen molar-refractivity contribution in [2.24, 2.45) is 0 Å². The molecule has 1 aliphatic heterocycles. The molecule has 1 atom stereocenters. The lowest BCUT2D eigenvalue weighted by molar-refractivity contribution is -0.117. The van der Waals surface area contributed by atoms with Gasteiger partial charge in [-0.1, -0.05) is 5.57 Å². The van der Waals surface area contributed by atoms with Crippen LogP contribution in [0, 0.1) is 5.82 Å². The SMILES string of the molecule is CC(C)=CC(=O)N[C@@H](C)c1cc(F)ccc1N1CCN(C)CC1. The summed E-state index contributed by atoms with van der Waals surface area (Å²) in [4.78, 5) is 16.5. The smallest absolute Gasteiger partial charge is 0.244 e. The first-order valence-corrected chi connectivity index (χ1v) is 8.05. The lowest BCUT2D eigenvalue weighted by Gasteiger charge is -2.36. The average molecular weight is 319 g/mol. The largest absolute Gasteiger partial charge is 0.369 e. The minimum absolute atomic E-state index is 0.147. The van der Waals surface area contributed by atoms with Gasteiger partial charge >= 0.3 is 0 Å². The zero-order valence-corrected chi connectivity index (χ0v) is 14.4. The number of amides is 1. The number of allylic oxidation sites excluding steroid dienone is 1. The van der Waals surface area contributed by atoms with Crippen LogP contribution < -0.4 is 10.2 Å². The lowest BCUT2D eigenvalue weighted by Crippen LogP contribution is -2.45. The highest BCUT2D eigenvalue weighted by Crippen LogP contribution is 2.28. The van der Waals surface area contributed by atoms with Crippen LogP contribution in [-0.2, 0) is 4.79 Å². The van der Waals surface area contributed by atoms with E-state index in [9.17, 15) is 9.18 Å². The normalized spacial score (nSPS) is 16.8. The van der Waals surface area contributed by atoms with Gasteiger partial charge in [0.05, 0.1) is 6.04 Å². The fourth-order valence-corrected chi connectivity index (χ4v) is 2.80. The number of anilines is 1. The molecule has 1 fully saturated rings. The van der Waals surface area contributed by atoms with Gasteiger partial charge in [-0.3, -0.25) is 4.79 Å². The third kappa shape index (κ3) is 4.79. The number of rotatable bonds is 4. The van der Waals surface area contributed by atoms with Gasteiger partial charge in [0.15, 0.2) is 0 Å². The van der Waals surface area contributed by atoms with E-state index in [2.05, 4.69) is 22.2 Å². The van der Waals surface area contributed by atoms with Gasteiger partial charge < -0.3 is 15.1 Å². The summed E-state index contributed by atoms with van der Waals surface area (Å²) < 4.78 is 13.7. The van der Waals surface area contributed by atoms with Crippen molar-refractivity contribution in [1.82, 2.24) is 10.2 Å². The molecular formula is C18H26FN3O. The zero-order valence-electron chi connectivity index (χ0n) is 14.4. The Hall–Kier alpha value is -1.88. The molecular weight excluding hydrogens is 293 g/mol. The summed E-state index contributed by atoms with van der Waals surface area (Å²) in [5, 5.41) is 2.92. The van der Waals surface area contributed by atoms with Crippen LogP contribution in [0.1, 0.15) is 32.4 Å². The Kier molecular flexibility index (Phi) is 5.77. The summed E-state index contributed by atoms with van der Waals surface area (Å²) >= 11 is 0. The molecule has 1 aromatic rings. The second-order valence-electron chi connectivity index (χ2n) is 6.45. The first-order valence-electron chi connectivity index (χ1n) is 8.05. The zero-order chi connectivity index (χ0) is 17.0. The predicted molar refractivity (Wildman–Crippen MR) is 92.1 cm³/mol. The van der Waals surface area contributed by atoms with E-state index < -0.39 is 0 Å². The summed E-state index contributed by atoms with van der Waals surface area (Å²) in [6.07, 6.45) is 1.56. The second kappa shape index (κ2) is 7.59. The van der Waals surface area contributed by atoms with Gasteiger partial charge in [-0.2, -0.15) is 0 Å². The molecule has 4 nitrogen and oxygen atoms in total. The number of nitrogens with zero attached hydrogens (tertiary/aromatic N) is 2. The molecule has 1 heterocycles. The van der Waals surface area contributed by atoms with Gasteiger partial charge in [0.2, 0.25) is 5.91 Å². The molecule has 1 amide bonds. The van der Waals surface area contributed by atoms with E-state index in [1.807, 2.05) is 26.8 Å². The van der Waals surface area contributed by atoms with E-state index in [4.69, 9.17) is 0 Å². The van der Waals surface area contributed by atoms with Gasteiger partial charge in [0.1, 0.15) is 5.82 Å². The summed E-state index contributed by atoms with van der Waals surface area (Å²) in [5.41, 5.74) is 2.77. The quantitative estimate of drug-likeness (QED) is 0.867. The van der Waals surface area contributed by atoms with E-state index in [1.165, 1.54) is 12.1 Å². The van der Waals surface area contributed by atoms with Crippen LogP contribution in [0.15, 0.2) is 29.8 Å². The number of carbonyl (C=O) groups excluding carboxylic acids is 1. The third-order valence-electron chi connectivity index (χ3n) is 4.08. The van der Waals surface area contributed by atoms with Crippen LogP contribution in [0.5, 0.6) is 0 Å². The number of halogens is 1. The molecule has 0 bridgehead atoms. The van der Waals surface area contributed by atoms with Gasteiger partial charge in [-0.05, 0) is 46.0 Å². The van der Waals surface area contributed by atoms with Crippen LogP contribution >= 0.6 is 0 Å². The summed E-state index contributed by atoms with van der Waals surface area (Å²) in [7, 11) is 2.10. The number of hydrogen-bond donors (Lipinski definition) is 1. The van der Waals surface area contributed by atoms with E-state index in [0.717, 1.165) is 43.0 Å². The molecule has 1 aliphatic rings. The third-order valence-corrected chi connectivity index (χ3v) is 4.08. The van der Waals surface area contributed by atoms with Crippen molar-refractivity contribution in [3.63, 3.8) is 0 Å². The molecule has 126 valence electrons. The Labute approximate surface area is 138 Å². The fourth-order valence-electron chi connectivity index (χ4n) is 2.80. The molecule has 2 rings (SSSR count). The second-order valence-corrected chi connectivity index (χ2v) is 6.45. The van der Waals surface area contributed by atoms with Crippen molar-refractivity contribution in [2.45, 2.75) is 26.8 Å². The highest BCUT2D eigenvalue weighted by molar-refractivity contribution is 5.88. The van der Waals surface area contributed by atoms with Gasteiger partial charge in [-0.25, -0.2) is 4.39 Å². The molecule has 5 heteroatoms. The molecule has 0 aliphatic carbocycles. The monoisotopic (exact) mass is 319 g/mol. The Morgan fingerprint density at radius 1 is 1.26 bits per heavy atom. The number of benzene rings is 1. The van der Waals surface area contributed by atoms with Crippen LogP contribution in [-0.4, -0.2) is 44.0 Å². The van der Waals surface area contributed by atoms with E-state index >= 15 is 0 Å². The maximum absolute atomic E-state index is 13.7. The van der Waals surface area contributed by atoms with Gasteiger partial charge in [0.25, 0.3) is 0 Å². The van der Waals surface area contributed by atoms with Crippen LogP contribution in [0.3, 0.4) is 0 Å². The van der Waals surface area contributed by atoms with Gasteiger partial charge in [-0.15, -0.1) is 0 Å². The summed E-state index contributed by atoms with van der Waals surface area (Å²) in [6, 6.07) is 4.59. The van der Waals surface area contributed by atoms with Crippen molar-refractivity contribution in [1.29, 1.82) is 0 Å². The van der Waals surface area contributed by atoms with Crippen LogP contribution in [0.2, 0.25) is 0 Å². The Balaban J connectivity index is 2.21. The van der Waals surface area contributed by atoms with Crippen LogP contribution in [0.25, 0.3) is 0 Å². The summed E-state index contributed by atoms with van der Waals surface area (Å²) in [6.45, 7) is 9.42. The minimum atomic E-state index is -0.277. The molecule has 0 aromatic heterocycles. The minimum Gasteiger partial charge on any atom is -0.369 e. The van der Waals surface area contributed by atoms with Crippen molar-refractivity contribution in [2.75, 3.05) is 38.1 Å². The maximum atomic E-state index is 13.7. The van der Waals surface area contributed by atoms with Crippen molar-refractivity contribution < 1.29 is 9.18 Å². The first kappa shape index (κ1) is 17.5. The molecule has 0 saturated carbocycles. The van der Waals surface area contributed by atoms with E-state index in [0.29, 0.717) is 0 Å². The predicted octanol–water partition coefficient (Wildman–Crippen LogP) is 2.72. The maximum Gasteiger partial charge on any atom is 0.244 e. The van der Waals surface area contributed by atoms with E-state index in [1.54, 1.807) is 6.08 Å². The highest BCUT2D eigenvalue weighted by Gasteiger charge is 2.20. The molecule has 1 saturated heterocycles. The van der Waals surface area contributed by atoms with E-state index in [-0.39, 0.29) is 17.8 Å². The Morgan fingerprint density at radius 3 is 2.52 bits per heavy atom. The van der Waals surface area contributed by atoms with Crippen molar-refractivity contribution in [3.05, 3.63) is 41.2 Å². The number of nitrogens with one attached hydrogen (secondary N) is 1. The van der Waals surface area contributed by atoms with Gasteiger partial charge in [0, 0.05) is 43.5 Å². The molecule has 23 heavy (non-hydrogen) atoms. The Bertz CT molecular complexity index is 588. The number of likely N-dealkylation sites (N-methyl/N-ethyl adjacent to an activating group) is 1. The summed E-state index contributed by atoms with van der Waals surface area (Å²) in [5.74, 6) is -0.424. The standard InChI is InChI=1S/C18H26FN3O/c1-13(2)11-18(23)20-14(3)16-12-15(19)5-6-17(16)22-9-7-21(4)8-10-22/h5-6,11-12,14H,7-10H2,1-4H3,(H,20,23)/t14-/m0/s1. The number of carbonyl (C=O) groups is 1. The van der Waals surface area contributed by atoms with Crippen molar-refractivity contribution >= 4 is 11.6 Å².